The molecule has 31 heavy (non-hydrogen) atoms. The lowest BCUT2D eigenvalue weighted by Gasteiger charge is -2.38. The minimum Gasteiger partial charge on any atom is -0.355 e. The lowest BCUT2D eigenvalue weighted by molar-refractivity contribution is -0.140. The Labute approximate surface area is 202 Å². The van der Waals surface area contributed by atoms with Gasteiger partial charge in [0.15, 0.2) is 11.7 Å². The summed E-state index contributed by atoms with van der Waals surface area (Å²) in [5.41, 5.74) is 1.95. The summed E-state index contributed by atoms with van der Waals surface area (Å²) in [5, 5.41) is 7.81. The van der Waals surface area contributed by atoms with Crippen LogP contribution in [-0.4, -0.2) is 42.0 Å². The van der Waals surface area contributed by atoms with E-state index in [1.54, 1.807) is 7.05 Å². The third kappa shape index (κ3) is 7.04. The predicted molar refractivity (Wildman–Crippen MR) is 130 cm³/mol. The smallest absolute Gasteiger partial charge is 0.355 e. The van der Waals surface area contributed by atoms with Crippen molar-refractivity contribution < 1.29 is 13.2 Å². The summed E-state index contributed by atoms with van der Waals surface area (Å²) in [7, 11) is 1.65. The minimum atomic E-state index is -4.41. The van der Waals surface area contributed by atoms with Crippen LogP contribution in [0.1, 0.15) is 35.7 Å². The maximum Gasteiger partial charge on any atom is 0.434 e. The Balaban J connectivity index is 0.00000341. The summed E-state index contributed by atoms with van der Waals surface area (Å²) in [6.07, 6.45) is -3.37. The van der Waals surface area contributed by atoms with E-state index in [0.29, 0.717) is 29.5 Å². The van der Waals surface area contributed by atoms with E-state index in [-0.39, 0.29) is 30.5 Å². The maximum absolute atomic E-state index is 12.7. The summed E-state index contributed by atoms with van der Waals surface area (Å²) in [4.78, 5) is 10.3. The highest BCUT2D eigenvalue weighted by molar-refractivity contribution is 14.0. The van der Waals surface area contributed by atoms with E-state index in [0.717, 1.165) is 36.2 Å². The number of fused-ring (bicyclic) bond motifs is 1. The third-order valence-electron chi connectivity index (χ3n) is 5.35. The average Bonchev–Trinajstić information content (AvgIpc) is 3.19. The van der Waals surface area contributed by atoms with Gasteiger partial charge in [-0.25, -0.2) is 4.98 Å². The Morgan fingerprint density at radius 2 is 1.94 bits per heavy atom. The van der Waals surface area contributed by atoms with Gasteiger partial charge in [0.1, 0.15) is 5.01 Å². The molecule has 1 aromatic heterocycles. The fourth-order valence-electron chi connectivity index (χ4n) is 3.69. The first-order valence-electron chi connectivity index (χ1n) is 10.0. The second-order valence-electron chi connectivity index (χ2n) is 7.73. The van der Waals surface area contributed by atoms with Crippen LogP contribution in [0.5, 0.6) is 0 Å². The number of aliphatic imine (C=N–C) groups is 1. The molecule has 2 heterocycles. The average molecular weight is 567 g/mol. The zero-order valence-corrected chi connectivity index (χ0v) is 21.0. The van der Waals surface area contributed by atoms with Gasteiger partial charge in [-0.05, 0) is 23.5 Å². The molecule has 1 aromatic carbocycles. The number of alkyl halides is 3. The number of nitrogens with zero attached hydrogens (tertiary/aromatic N) is 3. The zero-order valence-electron chi connectivity index (χ0n) is 17.9. The number of guanidine groups is 1. The van der Waals surface area contributed by atoms with Crippen LogP contribution in [0.25, 0.3) is 0 Å². The van der Waals surface area contributed by atoms with Gasteiger partial charge in [-0.3, -0.25) is 9.89 Å². The van der Waals surface area contributed by atoms with Crippen molar-refractivity contribution >= 4 is 41.3 Å². The van der Waals surface area contributed by atoms with Crippen molar-refractivity contribution in [2.45, 2.75) is 45.6 Å². The minimum absolute atomic E-state index is 0. The number of aromatic nitrogens is 1. The largest absolute Gasteiger partial charge is 0.434 e. The Bertz CT molecular complexity index is 869. The molecule has 0 saturated carbocycles. The van der Waals surface area contributed by atoms with E-state index < -0.39 is 11.9 Å². The molecule has 1 atom stereocenters. The standard InChI is InChI=1S/C21H28F3N5S.HI/c1-14(2)17(29-9-8-15-6-4-5-7-16(15)12-29)10-26-20(25-3)27-11-19-28-18(13-30-19)21(22,23)24;/h4-7,13-14,17H,8-12H2,1-3H3,(H2,25,26,27);1H. The molecule has 0 amide bonds. The van der Waals surface area contributed by atoms with E-state index in [1.165, 1.54) is 11.1 Å². The molecule has 2 aromatic rings. The molecule has 172 valence electrons. The highest BCUT2D eigenvalue weighted by atomic mass is 127. The van der Waals surface area contributed by atoms with Crippen molar-refractivity contribution in [1.82, 2.24) is 20.5 Å². The fraction of sp³-hybridized carbons (Fsp3) is 0.524. The zero-order chi connectivity index (χ0) is 21.7. The predicted octanol–water partition coefficient (Wildman–Crippen LogP) is 4.53. The first-order valence-corrected chi connectivity index (χ1v) is 10.9. The van der Waals surface area contributed by atoms with Gasteiger partial charge in [0.2, 0.25) is 0 Å². The van der Waals surface area contributed by atoms with Crippen LogP contribution in [0.3, 0.4) is 0 Å². The van der Waals surface area contributed by atoms with Gasteiger partial charge in [0, 0.05) is 38.1 Å². The lowest BCUT2D eigenvalue weighted by Crippen LogP contribution is -2.50. The maximum atomic E-state index is 12.7. The van der Waals surface area contributed by atoms with E-state index in [2.05, 4.69) is 63.6 Å². The number of thiazole rings is 1. The molecule has 1 aliphatic heterocycles. The monoisotopic (exact) mass is 567 g/mol. The van der Waals surface area contributed by atoms with Crippen LogP contribution in [0.4, 0.5) is 13.2 Å². The van der Waals surface area contributed by atoms with E-state index >= 15 is 0 Å². The summed E-state index contributed by atoms with van der Waals surface area (Å²) >= 11 is 0.990. The SMILES string of the molecule is CN=C(NCc1nc(C(F)(F)F)cs1)NCC(C(C)C)N1CCc2ccccc2C1.I. The van der Waals surface area contributed by atoms with Gasteiger partial charge < -0.3 is 10.6 Å². The summed E-state index contributed by atoms with van der Waals surface area (Å²) in [6, 6.07) is 8.87. The molecule has 0 aliphatic carbocycles. The molecule has 3 rings (SSSR count). The molecule has 0 bridgehead atoms. The molecule has 5 nitrogen and oxygen atoms in total. The quantitative estimate of drug-likeness (QED) is 0.306. The summed E-state index contributed by atoms with van der Waals surface area (Å²) in [5.74, 6) is 0.996. The van der Waals surface area contributed by atoms with Crippen LogP contribution in [0.2, 0.25) is 0 Å². The van der Waals surface area contributed by atoms with Gasteiger partial charge in [0.05, 0.1) is 6.54 Å². The number of halogens is 4. The fourth-order valence-corrected chi connectivity index (χ4v) is 4.43. The van der Waals surface area contributed by atoms with Crippen molar-refractivity contribution in [1.29, 1.82) is 0 Å². The summed E-state index contributed by atoms with van der Waals surface area (Å²) < 4.78 is 38.1. The first kappa shape index (κ1) is 25.9. The van der Waals surface area contributed by atoms with Crippen molar-refractivity contribution in [2.75, 3.05) is 20.1 Å². The van der Waals surface area contributed by atoms with Gasteiger partial charge in [0.25, 0.3) is 0 Å². The van der Waals surface area contributed by atoms with Crippen molar-refractivity contribution in [3.05, 3.63) is 51.5 Å². The Morgan fingerprint density at radius 1 is 1.23 bits per heavy atom. The highest BCUT2D eigenvalue weighted by Crippen LogP contribution is 2.30. The molecule has 1 aliphatic rings. The second-order valence-corrected chi connectivity index (χ2v) is 8.67. The van der Waals surface area contributed by atoms with Crippen LogP contribution in [0.15, 0.2) is 34.6 Å². The molecular weight excluding hydrogens is 538 g/mol. The highest BCUT2D eigenvalue weighted by Gasteiger charge is 2.33. The molecule has 0 fully saturated rings. The molecule has 10 heteroatoms. The Morgan fingerprint density at radius 3 is 2.55 bits per heavy atom. The molecular formula is C21H29F3IN5S. The number of nitrogens with one attached hydrogen (secondary N) is 2. The second kappa shape index (κ2) is 11.5. The number of benzene rings is 1. The molecule has 1 unspecified atom stereocenters. The van der Waals surface area contributed by atoms with Gasteiger partial charge in [-0.2, -0.15) is 13.2 Å². The molecule has 0 saturated heterocycles. The first-order chi connectivity index (χ1) is 14.3. The molecule has 0 spiro atoms. The topological polar surface area (TPSA) is 52.6 Å². The van der Waals surface area contributed by atoms with Gasteiger partial charge in [-0.1, -0.05) is 38.1 Å². The van der Waals surface area contributed by atoms with Crippen LogP contribution in [-0.2, 0) is 25.7 Å². The van der Waals surface area contributed by atoms with E-state index in [9.17, 15) is 13.2 Å². The molecule has 2 N–H and O–H groups in total. The van der Waals surface area contributed by atoms with E-state index in [1.807, 2.05) is 0 Å². The van der Waals surface area contributed by atoms with Crippen molar-refractivity contribution in [2.24, 2.45) is 10.9 Å². The van der Waals surface area contributed by atoms with Crippen molar-refractivity contribution in [3.63, 3.8) is 0 Å². The van der Waals surface area contributed by atoms with Gasteiger partial charge in [-0.15, -0.1) is 35.3 Å². The van der Waals surface area contributed by atoms with Crippen LogP contribution >= 0.6 is 35.3 Å². The number of hydrogen-bond acceptors (Lipinski definition) is 4. The Kier molecular flexibility index (Phi) is 9.56. The van der Waals surface area contributed by atoms with Gasteiger partial charge >= 0.3 is 6.18 Å². The summed E-state index contributed by atoms with van der Waals surface area (Å²) in [6.45, 7) is 7.24. The van der Waals surface area contributed by atoms with E-state index in [4.69, 9.17) is 0 Å². The number of hydrogen-bond donors (Lipinski definition) is 2. The third-order valence-corrected chi connectivity index (χ3v) is 6.20. The number of rotatable bonds is 6. The Hall–Kier alpha value is -1.40. The molecule has 0 radical (unpaired) electrons. The normalized spacial score (nSPS) is 15.9. The van der Waals surface area contributed by atoms with Crippen LogP contribution in [0, 0.1) is 5.92 Å². The lowest BCUT2D eigenvalue weighted by atomic mass is 9.95. The van der Waals surface area contributed by atoms with Crippen molar-refractivity contribution in [3.8, 4) is 0 Å². The van der Waals surface area contributed by atoms with Crippen LogP contribution < -0.4 is 10.6 Å².